The highest BCUT2D eigenvalue weighted by atomic mass is 16.5. The van der Waals surface area contributed by atoms with Crippen LogP contribution >= 0.6 is 0 Å². The van der Waals surface area contributed by atoms with Gasteiger partial charge in [0, 0.05) is 5.56 Å². The van der Waals surface area contributed by atoms with Crippen molar-refractivity contribution in [2.24, 2.45) is 5.84 Å². The van der Waals surface area contributed by atoms with Crippen LogP contribution in [0, 0.1) is 6.92 Å². The van der Waals surface area contributed by atoms with Gasteiger partial charge in [-0.1, -0.05) is 0 Å². The minimum atomic E-state index is -0.470. The van der Waals surface area contributed by atoms with Crippen LogP contribution in [0.2, 0.25) is 0 Å². The van der Waals surface area contributed by atoms with Gasteiger partial charge < -0.3 is 4.74 Å². The molecule has 1 aromatic heterocycles. The van der Waals surface area contributed by atoms with Crippen molar-refractivity contribution >= 4 is 5.91 Å². The molecule has 20 heavy (non-hydrogen) atoms. The number of aromatic nitrogens is 2. The van der Waals surface area contributed by atoms with Gasteiger partial charge >= 0.3 is 0 Å². The molecule has 1 heterocycles. The Morgan fingerprint density at radius 2 is 2.20 bits per heavy atom. The van der Waals surface area contributed by atoms with Crippen LogP contribution in [0.5, 0.6) is 5.75 Å². The van der Waals surface area contributed by atoms with E-state index in [0.717, 1.165) is 16.9 Å². The number of nitrogens with two attached hydrogens (primary N) is 1. The molecule has 0 spiro atoms. The summed E-state index contributed by atoms with van der Waals surface area (Å²) in [4.78, 5) is 19.7. The van der Waals surface area contributed by atoms with Crippen molar-refractivity contribution in [3.05, 3.63) is 41.9 Å². The van der Waals surface area contributed by atoms with E-state index in [1.54, 1.807) is 6.20 Å². The SMILES string of the molecule is CCOc1ccc(-c2cncc(C(=O)NN)n2)c(C)c1. The number of nitrogens with one attached hydrogen (secondary N) is 1. The molecule has 104 valence electrons. The summed E-state index contributed by atoms with van der Waals surface area (Å²) in [6.07, 6.45) is 2.98. The lowest BCUT2D eigenvalue weighted by atomic mass is 10.1. The second-order valence-electron chi connectivity index (χ2n) is 4.17. The first-order valence-electron chi connectivity index (χ1n) is 6.22. The number of ether oxygens (including phenoxy) is 1. The van der Waals surface area contributed by atoms with Crippen molar-refractivity contribution in [2.75, 3.05) is 6.61 Å². The fourth-order valence-corrected chi connectivity index (χ4v) is 1.86. The second-order valence-corrected chi connectivity index (χ2v) is 4.17. The highest BCUT2D eigenvalue weighted by molar-refractivity contribution is 5.92. The van der Waals surface area contributed by atoms with Gasteiger partial charge in [-0.05, 0) is 37.6 Å². The first-order valence-corrected chi connectivity index (χ1v) is 6.22. The summed E-state index contributed by atoms with van der Waals surface area (Å²) in [6, 6.07) is 5.69. The molecule has 0 saturated heterocycles. The fraction of sp³-hybridized carbons (Fsp3) is 0.214. The number of hydrogen-bond acceptors (Lipinski definition) is 5. The van der Waals surface area contributed by atoms with Gasteiger partial charge in [0.15, 0.2) is 0 Å². The number of nitrogens with zero attached hydrogens (tertiary/aromatic N) is 2. The third kappa shape index (κ3) is 2.92. The number of aryl methyl sites for hydroxylation is 1. The van der Waals surface area contributed by atoms with Crippen LogP contribution in [0.15, 0.2) is 30.6 Å². The quantitative estimate of drug-likeness (QED) is 0.499. The maximum Gasteiger partial charge on any atom is 0.285 e. The highest BCUT2D eigenvalue weighted by Crippen LogP contribution is 2.25. The van der Waals surface area contributed by atoms with Gasteiger partial charge in [0.25, 0.3) is 5.91 Å². The van der Waals surface area contributed by atoms with E-state index in [9.17, 15) is 4.79 Å². The Kier molecular flexibility index (Phi) is 4.27. The summed E-state index contributed by atoms with van der Waals surface area (Å²) in [6.45, 7) is 4.50. The average Bonchev–Trinajstić information content (AvgIpc) is 2.47. The van der Waals surface area contributed by atoms with Crippen LogP contribution < -0.4 is 16.0 Å². The molecule has 0 radical (unpaired) electrons. The molecule has 6 heteroatoms. The smallest absolute Gasteiger partial charge is 0.285 e. The van der Waals surface area contributed by atoms with Crippen molar-refractivity contribution in [3.8, 4) is 17.0 Å². The third-order valence-electron chi connectivity index (χ3n) is 2.78. The molecule has 1 aromatic carbocycles. The maximum absolute atomic E-state index is 11.5. The summed E-state index contributed by atoms with van der Waals surface area (Å²) in [5.74, 6) is 5.43. The van der Waals surface area contributed by atoms with Gasteiger partial charge in [-0.15, -0.1) is 0 Å². The Morgan fingerprint density at radius 3 is 2.85 bits per heavy atom. The van der Waals surface area contributed by atoms with Crippen molar-refractivity contribution in [2.45, 2.75) is 13.8 Å². The van der Waals surface area contributed by atoms with Crippen LogP contribution in [-0.2, 0) is 0 Å². The molecule has 0 atom stereocenters. The van der Waals surface area contributed by atoms with Gasteiger partial charge in [-0.25, -0.2) is 10.8 Å². The highest BCUT2D eigenvalue weighted by Gasteiger charge is 2.10. The van der Waals surface area contributed by atoms with E-state index < -0.39 is 5.91 Å². The van der Waals surface area contributed by atoms with E-state index in [1.807, 2.05) is 37.5 Å². The Hall–Kier alpha value is -2.47. The molecular formula is C14H16N4O2. The van der Waals surface area contributed by atoms with Crippen molar-refractivity contribution < 1.29 is 9.53 Å². The Bertz CT molecular complexity index is 628. The lowest BCUT2D eigenvalue weighted by Gasteiger charge is -2.09. The van der Waals surface area contributed by atoms with Gasteiger partial charge in [-0.3, -0.25) is 15.2 Å². The number of nitrogen functional groups attached to an aromatic ring is 1. The molecule has 0 fully saturated rings. The zero-order valence-electron chi connectivity index (χ0n) is 11.4. The molecule has 0 saturated carbocycles. The fourth-order valence-electron chi connectivity index (χ4n) is 1.86. The number of rotatable bonds is 4. The van der Waals surface area contributed by atoms with Crippen molar-refractivity contribution in [1.29, 1.82) is 0 Å². The number of amides is 1. The van der Waals surface area contributed by atoms with E-state index >= 15 is 0 Å². The molecule has 0 aliphatic heterocycles. The normalized spacial score (nSPS) is 10.2. The average molecular weight is 272 g/mol. The van der Waals surface area contributed by atoms with Crippen LogP contribution in [0.3, 0.4) is 0 Å². The predicted octanol–water partition coefficient (Wildman–Crippen LogP) is 1.45. The van der Waals surface area contributed by atoms with Crippen LogP contribution in [0.4, 0.5) is 0 Å². The topological polar surface area (TPSA) is 90.1 Å². The van der Waals surface area contributed by atoms with Gasteiger partial charge in [0.05, 0.1) is 24.7 Å². The van der Waals surface area contributed by atoms with Gasteiger partial charge in [0.2, 0.25) is 0 Å². The minimum absolute atomic E-state index is 0.179. The molecule has 0 bridgehead atoms. The number of carbonyl (C=O) groups excluding carboxylic acids is 1. The molecule has 3 N–H and O–H groups in total. The molecule has 6 nitrogen and oxygen atoms in total. The Labute approximate surface area is 117 Å². The predicted molar refractivity (Wildman–Crippen MR) is 75.0 cm³/mol. The van der Waals surface area contributed by atoms with Crippen LogP contribution in [0.25, 0.3) is 11.3 Å². The summed E-state index contributed by atoms with van der Waals surface area (Å²) in [7, 11) is 0. The molecular weight excluding hydrogens is 256 g/mol. The summed E-state index contributed by atoms with van der Waals surface area (Å²) < 4.78 is 5.44. The molecule has 2 rings (SSSR count). The standard InChI is InChI=1S/C14H16N4O2/c1-3-20-10-4-5-11(9(2)6-10)12-7-16-8-13(17-12)14(19)18-15/h4-8H,3,15H2,1-2H3,(H,18,19). The Balaban J connectivity index is 2.38. The molecule has 1 amide bonds. The van der Waals surface area contributed by atoms with E-state index in [2.05, 4.69) is 9.97 Å². The van der Waals surface area contributed by atoms with Gasteiger partial charge in [0.1, 0.15) is 11.4 Å². The van der Waals surface area contributed by atoms with Crippen molar-refractivity contribution in [3.63, 3.8) is 0 Å². The van der Waals surface area contributed by atoms with Gasteiger partial charge in [-0.2, -0.15) is 0 Å². The zero-order valence-corrected chi connectivity index (χ0v) is 11.4. The summed E-state index contributed by atoms with van der Waals surface area (Å²) in [5.41, 5.74) is 4.73. The van der Waals surface area contributed by atoms with Crippen LogP contribution in [0.1, 0.15) is 23.0 Å². The molecule has 0 aliphatic carbocycles. The lowest BCUT2D eigenvalue weighted by molar-refractivity contribution is 0.0948. The van der Waals surface area contributed by atoms with Crippen molar-refractivity contribution in [1.82, 2.24) is 15.4 Å². The summed E-state index contributed by atoms with van der Waals surface area (Å²) >= 11 is 0. The van der Waals surface area contributed by atoms with Crippen LogP contribution in [-0.4, -0.2) is 22.5 Å². The maximum atomic E-state index is 11.5. The first-order chi connectivity index (χ1) is 9.65. The summed E-state index contributed by atoms with van der Waals surface area (Å²) in [5, 5.41) is 0. The Morgan fingerprint density at radius 1 is 1.40 bits per heavy atom. The molecule has 0 unspecified atom stereocenters. The van der Waals surface area contributed by atoms with E-state index in [0.29, 0.717) is 12.3 Å². The number of benzene rings is 1. The second kappa shape index (κ2) is 6.12. The molecule has 2 aromatic rings. The number of hydrazine groups is 1. The zero-order chi connectivity index (χ0) is 14.5. The first kappa shape index (κ1) is 14.0. The lowest BCUT2D eigenvalue weighted by Crippen LogP contribution is -2.30. The number of hydrogen-bond donors (Lipinski definition) is 2. The monoisotopic (exact) mass is 272 g/mol. The van der Waals surface area contributed by atoms with E-state index in [1.165, 1.54) is 6.20 Å². The number of carbonyl (C=O) groups is 1. The van der Waals surface area contributed by atoms with E-state index in [-0.39, 0.29) is 5.69 Å². The molecule has 0 aliphatic rings. The largest absolute Gasteiger partial charge is 0.494 e. The third-order valence-corrected chi connectivity index (χ3v) is 2.78. The minimum Gasteiger partial charge on any atom is -0.494 e. The van der Waals surface area contributed by atoms with E-state index in [4.69, 9.17) is 10.6 Å².